The highest BCUT2D eigenvalue weighted by molar-refractivity contribution is 6.54. The van der Waals surface area contributed by atoms with E-state index < -0.39 is 18.6 Å². The van der Waals surface area contributed by atoms with Crippen LogP contribution in [0.2, 0.25) is 6.82 Å². The van der Waals surface area contributed by atoms with Crippen LogP contribution in [-0.4, -0.2) is 91.4 Å². The van der Waals surface area contributed by atoms with Crippen LogP contribution in [0.15, 0.2) is 126 Å². The van der Waals surface area contributed by atoms with Crippen molar-refractivity contribution in [3.8, 4) is 11.5 Å². The Morgan fingerprint density at radius 2 is 1.36 bits per heavy atom. The fourth-order valence-corrected chi connectivity index (χ4v) is 10.7. The van der Waals surface area contributed by atoms with E-state index in [1.165, 1.54) is 12.5 Å². The second-order valence-electron chi connectivity index (χ2n) is 17.5. The Labute approximate surface area is 430 Å². The molecule has 1 saturated heterocycles. The molecule has 0 bridgehead atoms. The number of anilines is 2. The van der Waals surface area contributed by atoms with Crippen LogP contribution in [0.5, 0.6) is 11.5 Å². The minimum absolute atomic E-state index is 0. The number of aromatic hydroxyl groups is 2. The van der Waals surface area contributed by atoms with Gasteiger partial charge in [0.25, 0.3) is 0 Å². The lowest BCUT2D eigenvalue weighted by Gasteiger charge is -2.28. The van der Waals surface area contributed by atoms with E-state index in [4.69, 9.17) is 23.2 Å². The first-order valence-electron chi connectivity index (χ1n) is 24.2. The van der Waals surface area contributed by atoms with Crippen LogP contribution in [0.1, 0.15) is 88.3 Å². The number of hydrogen-bond acceptors (Lipinski definition) is 12. The smallest absolute Gasteiger partial charge is 0.507 e. The van der Waals surface area contributed by atoms with Crippen LogP contribution >= 0.6 is 23.2 Å². The molecule has 4 N–H and O–H groups in total. The molecule has 14 nitrogen and oxygen atoms in total. The van der Waals surface area contributed by atoms with E-state index in [-0.39, 0.29) is 30.2 Å². The highest BCUT2D eigenvalue weighted by Gasteiger charge is 2.66. The molecule has 3 aliphatic heterocycles. The number of phenolic OH excluding ortho intramolecular Hbond substituents is 2. The van der Waals surface area contributed by atoms with Gasteiger partial charge < -0.3 is 35.1 Å². The van der Waals surface area contributed by atoms with Gasteiger partial charge in [0.05, 0.1) is 5.39 Å². The highest BCUT2D eigenvalue weighted by Crippen LogP contribution is 2.66. The summed E-state index contributed by atoms with van der Waals surface area (Å²) in [5, 5.41) is 44.6. The van der Waals surface area contributed by atoms with Gasteiger partial charge in [-0.1, -0.05) is 113 Å². The number of carbonyl (C=O) groups is 3. The number of nitrogens with one attached hydrogen (secondary N) is 1. The average molecular weight is 1010 g/mol. The van der Waals surface area contributed by atoms with Gasteiger partial charge >= 0.3 is 20.0 Å². The fourth-order valence-electron chi connectivity index (χ4n) is 10.2. The molecule has 1 saturated carbocycles. The number of aromatic nitrogens is 3. The first-order chi connectivity index (χ1) is 34.8. The van der Waals surface area contributed by atoms with Crippen molar-refractivity contribution < 1.29 is 35.9 Å². The Morgan fingerprint density at radius 3 is 1.97 bits per heavy atom. The van der Waals surface area contributed by atoms with Crippen molar-refractivity contribution in [3.05, 3.63) is 154 Å². The third-order valence-corrected chi connectivity index (χ3v) is 14.1. The Balaban J connectivity index is 0.000000155. The summed E-state index contributed by atoms with van der Waals surface area (Å²) in [5.41, 5.74) is 7.07. The minimum atomic E-state index is -0.623. The Morgan fingerprint density at radius 1 is 0.792 bits per heavy atom. The normalized spacial score (nSPS) is 18.9. The molecule has 2 aliphatic carbocycles. The zero-order chi connectivity index (χ0) is 52.0. The standard InChI is InChI=1S/C15H13NO2.C14H15BClNO2.C13H12ClNO.C9H7N3O3.2C2H6/c1-9(17)16-8-10-7-15(10)12-5-3-2-4-11(12)13(18)6-14(15)16;1-15(19)17-8-9(7-16)14-11-5-3-2-4-10(11)13(18)6-12(14)17;14-6-8-7-15-11-5-12(16)9-3-1-2-4-10(9)13(8)11;1-6(13)15-12-9(14)7-4-2-3-5-8(7)10-11-12;2*1-2/h2-6,10H,7-8H2,1H3;2-6,9,18-19H,7-8H2,1H3;1-5,8,15-16H,6-7H2;2-5H,1H3;2*1-2H3/p+1. The number of phenols is 2. The predicted octanol–water partition coefficient (Wildman–Crippen LogP) is 9.91. The lowest BCUT2D eigenvalue weighted by molar-refractivity contribution is -0.144. The van der Waals surface area contributed by atoms with E-state index in [1.54, 1.807) is 61.1 Å². The number of amides is 1. The molecule has 5 aliphatic rings. The molecule has 72 heavy (non-hydrogen) atoms. The number of rotatable bonds is 4. The van der Waals surface area contributed by atoms with Crippen molar-refractivity contribution in [3.63, 3.8) is 0 Å². The Bertz CT molecular complexity index is 3270. The van der Waals surface area contributed by atoms with Crippen molar-refractivity contribution in [1.82, 2.24) is 20.1 Å². The topological polar surface area (TPSA) is 187 Å². The van der Waals surface area contributed by atoms with Gasteiger partial charge in [-0.25, -0.2) is 4.79 Å². The molecule has 7 aromatic rings. The number of benzene rings is 6. The number of nitrogens with zero attached hydrogens (tertiary/aromatic N) is 5. The van der Waals surface area contributed by atoms with Gasteiger partial charge in [-0.15, -0.1) is 28.3 Å². The molecule has 0 radical (unpaired) electrons. The summed E-state index contributed by atoms with van der Waals surface area (Å²) in [6.45, 7) is 14.8. The molecular weight excluding hydrogens is 954 g/mol. The molecule has 17 heteroatoms. The predicted molar refractivity (Wildman–Crippen MR) is 289 cm³/mol. The summed E-state index contributed by atoms with van der Waals surface area (Å²) in [5.74, 6) is 2.15. The molecule has 374 valence electrons. The summed E-state index contributed by atoms with van der Waals surface area (Å²) < 4.78 is 0. The molecule has 1 amide bonds. The number of carbonyl (C=O) groups excluding carboxylic acids is 3. The van der Waals surface area contributed by atoms with Crippen LogP contribution in [-0.2, 0) is 15.0 Å². The van der Waals surface area contributed by atoms with Crippen molar-refractivity contribution in [2.75, 3.05) is 41.5 Å². The molecule has 4 unspecified atom stereocenters. The number of ketones is 1. The van der Waals surface area contributed by atoms with E-state index in [0.29, 0.717) is 51.6 Å². The van der Waals surface area contributed by atoms with Gasteiger partial charge in [0, 0.05) is 114 Å². The number of piperidine rings is 1. The quantitative estimate of drug-likeness (QED) is 0.0744. The number of hydrogen-bond donors (Lipinski definition) is 4. The van der Waals surface area contributed by atoms with Crippen LogP contribution in [0, 0.1) is 5.92 Å². The summed E-state index contributed by atoms with van der Waals surface area (Å²) in [7, 11) is -0.590. The van der Waals surface area contributed by atoms with Gasteiger partial charge in [0.1, 0.15) is 17.0 Å². The molecule has 1 spiro atoms. The van der Waals surface area contributed by atoms with Crippen molar-refractivity contribution in [2.45, 2.75) is 72.0 Å². The Kier molecular flexibility index (Phi) is 16.6. The van der Waals surface area contributed by atoms with Crippen molar-refractivity contribution in [2.24, 2.45) is 5.92 Å². The van der Waals surface area contributed by atoms with Gasteiger partial charge in [-0.2, -0.15) is 0 Å². The first kappa shape index (κ1) is 52.9. The summed E-state index contributed by atoms with van der Waals surface area (Å²) in [4.78, 5) is 54.9. The monoisotopic (exact) mass is 1010 g/mol. The zero-order valence-electron chi connectivity index (χ0n) is 42.4. The second kappa shape index (κ2) is 22.6. The average Bonchev–Trinajstić information content (AvgIpc) is 3.61. The number of fused-ring (bicyclic) bond motifs is 8. The van der Waals surface area contributed by atoms with E-state index in [2.05, 4.69) is 20.5 Å². The van der Waals surface area contributed by atoms with E-state index >= 15 is 0 Å². The highest BCUT2D eigenvalue weighted by atomic mass is 35.5. The maximum absolute atomic E-state index is 12.1. The van der Waals surface area contributed by atoms with E-state index in [0.717, 1.165) is 74.8 Å². The van der Waals surface area contributed by atoms with Crippen LogP contribution < -0.4 is 20.5 Å². The van der Waals surface area contributed by atoms with E-state index in [1.807, 2.05) is 105 Å². The zero-order valence-corrected chi connectivity index (χ0v) is 42.9. The maximum atomic E-state index is 12.1. The first-order valence-corrected chi connectivity index (χ1v) is 25.3. The van der Waals surface area contributed by atoms with Crippen LogP contribution in [0.25, 0.3) is 32.4 Å². The van der Waals surface area contributed by atoms with Crippen LogP contribution in [0.3, 0.4) is 0 Å². The largest absolute Gasteiger partial charge is 1.00 e. The molecule has 12 rings (SSSR count). The lowest BCUT2D eigenvalue weighted by atomic mass is 9.81. The van der Waals surface area contributed by atoms with Crippen molar-refractivity contribution in [1.29, 1.82) is 0 Å². The van der Waals surface area contributed by atoms with Crippen molar-refractivity contribution >= 4 is 91.7 Å². The Hall–Kier alpha value is -6.94. The maximum Gasteiger partial charge on any atom is 1.00 e. The molecular formula is C55H60BCl2N6O8+. The van der Waals surface area contributed by atoms with Gasteiger partial charge in [0.15, 0.2) is 5.78 Å². The third-order valence-electron chi connectivity index (χ3n) is 13.3. The number of allylic oxidation sites excluding steroid dienone is 2. The number of likely N-dealkylation sites (tertiary alicyclic amines) is 1. The van der Waals surface area contributed by atoms with Gasteiger partial charge in [-0.3, -0.25) is 14.4 Å². The molecule has 4 heterocycles. The SMILES string of the molecule is CB(O)N1CC(CCl)c2c1cc(O)c1ccccc21.CC.CC.CC(=O)N1CC2CC23C1=CC(=O)c1ccccc13.CC(=O)On1nnc2ccccc2c1=O.Oc1cc2c(c3ccccc13)C(CCl)CN2.[H+]. The summed E-state index contributed by atoms with van der Waals surface area (Å²) >= 11 is 12.0. The number of alkyl halides is 2. The lowest BCUT2D eigenvalue weighted by Crippen LogP contribution is -2.36. The molecule has 4 atom stereocenters. The van der Waals surface area contributed by atoms with E-state index in [9.17, 15) is 34.4 Å². The molecule has 6 aromatic carbocycles. The van der Waals surface area contributed by atoms with Gasteiger partial charge in [0.2, 0.25) is 5.91 Å². The fraction of sp³-hybridized carbons (Fsp3) is 0.309. The number of halogens is 2. The third kappa shape index (κ3) is 9.97. The van der Waals surface area contributed by atoms with Gasteiger partial charge in [-0.05, 0) is 68.8 Å². The second-order valence-corrected chi connectivity index (χ2v) is 18.1. The molecule has 1 aromatic heterocycles. The van der Waals surface area contributed by atoms with Crippen LogP contribution in [0.4, 0.5) is 11.4 Å². The summed E-state index contributed by atoms with van der Waals surface area (Å²) in [6.07, 6.45) is 2.75. The summed E-state index contributed by atoms with van der Waals surface area (Å²) in [6, 6.07) is 33.7. The minimum Gasteiger partial charge on any atom is -0.507 e. The molecule has 2 fully saturated rings.